The van der Waals surface area contributed by atoms with Gasteiger partial charge in [-0.15, -0.1) is 69.6 Å². The van der Waals surface area contributed by atoms with Crippen LogP contribution in [0.2, 0.25) is 0 Å². The molecule has 10 rings (SSSR count). The Hall–Kier alpha value is -5.34. The molecular weight excluding hydrogens is 1010 g/mol. The summed E-state index contributed by atoms with van der Waals surface area (Å²) in [6, 6.07) is 76.6. The van der Waals surface area contributed by atoms with Crippen molar-refractivity contribution in [3.05, 3.63) is 266 Å². The molecule has 10 aromatic carbocycles. The van der Waals surface area contributed by atoms with Crippen molar-refractivity contribution in [1.29, 1.82) is 0 Å². The Morgan fingerprint density at radius 3 is 0.917 bits per heavy atom. The Bertz CT molecular complexity index is 2800. The van der Waals surface area contributed by atoms with E-state index >= 15 is 0 Å². The van der Waals surface area contributed by atoms with Gasteiger partial charge >= 0.3 is 30.2 Å². The molecule has 0 nitrogen and oxygen atoms in total. The van der Waals surface area contributed by atoms with Crippen molar-refractivity contribution in [1.82, 2.24) is 0 Å². The molecule has 0 aromatic heterocycles. The molecule has 0 saturated carbocycles. The van der Waals surface area contributed by atoms with E-state index in [4.69, 9.17) is 0 Å². The Balaban J connectivity index is 0.000000287. The van der Waals surface area contributed by atoms with Gasteiger partial charge < -0.3 is 14.9 Å². The standard InChI is InChI=1S/2C33H31.2CH3.2ClH.Si.Zr/c2*1-4-26(27-8-6-5-7-9-27)20-25-21-32-30(28-14-10-23(2)11-15-28)18-19-31(33(32)22-25)29-16-12-24(3)13-17-29;;;;;;/h2*5-19,21-22,26H,4,20H2,1-3H3;2*1H3;2*1H;;/q4*-1;;;;. The van der Waals surface area contributed by atoms with Gasteiger partial charge in [0.1, 0.15) is 0 Å². The summed E-state index contributed by atoms with van der Waals surface area (Å²) in [5.74, 6) is 1.07. The second-order valence-electron chi connectivity index (χ2n) is 18.6. The average molecular weight is 1080 g/mol. The molecule has 368 valence electrons. The van der Waals surface area contributed by atoms with E-state index in [1.54, 1.807) is 0 Å². The van der Waals surface area contributed by atoms with E-state index in [1.807, 2.05) is 0 Å². The average Bonchev–Trinajstić information content (AvgIpc) is 4.02. The fourth-order valence-electron chi connectivity index (χ4n) is 9.91. The molecule has 0 fully saturated rings. The van der Waals surface area contributed by atoms with E-state index in [9.17, 15) is 0 Å². The number of fused-ring (bicyclic) bond motifs is 2. The van der Waals surface area contributed by atoms with Crippen LogP contribution in [0, 0.1) is 42.5 Å². The van der Waals surface area contributed by atoms with E-state index in [-0.39, 0.29) is 39.7 Å². The first-order valence-electron chi connectivity index (χ1n) is 24.3. The van der Waals surface area contributed by atoms with E-state index in [1.165, 1.54) is 134 Å². The van der Waals surface area contributed by atoms with Crippen LogP contribution in [0.15, 0.2) is 206 Å². The Morgan fingerprint density at radius 2 is 0.639 bits per heavy atom. The summed E-state index contributed by atoms with van der Waals surface area (Å²) in [5, 5.41) is 5.43. The van der Waals surface area contributed by atoms with Gasteiger partial charge in [0, 0.05) is 0 Å². The summed E-state index contributed by atoms with van der Waals surface area (Å²) in [6.07, 6.45) is 4.41. The SMILES string of the molecule is CCC(Cc1cc2c(-c3ccc(C)cc3)ccc(-c3ccc(C)cc3)c2[cH-]1)c1ccccc1.CCC(Cc1cc2c(-c3ccc(C)cc3)ccc(-c3ccc(C)cc3)c2[cH-]1)c1ccccc1.Cl.Cl.[CH3-].[CH3-].[Si]=[Zr]. The van der Waals surface area contributed by atoms with Gasteiger partial charge in [0.15, 0.2) is 0 Å². The van der Waals surface area contributed by atoms with Crippen LogP contribution >= 0.6 is 24.8 Å². The van der Waals surface area contributed by atoms with E-state index < -0.39 is 0 Å². The number of aryl methyl sites for hydroxylation is 4. The van der Waals surface area contributed by atoms with E-state index in [2.05, 4.69) is 255 Å². The van der Waals surface area contributed by atoms with Gasteiger partial charge in [-0.1, -0.05) is 251 Å². The van der Waals surface area contributed by atoms with Gasteiger partial charge in [0.25, 0.3) is 0 Å². The van der Waals surface area contributed by atoms with Gasteiger partial charge in [-0.3, -0.25) is 0 Å². The Kier molecular flexibility index (Phi) is 23.2. The molecule has 0 amide bonds. The van der Waals surface area contributed by atoms with Crippen LogP contribution in [0.3, 0.4) is 0 Å². The molecule has 0 heterocycles. The molecule has 0 bridgehead atoms. The zero-order chi connectivity index (χ0) is 47.6. The molecule has 10 aromatic rings. The summed E-state index contributed by atoms with van der Waals surface area (Å²) in [5.41, 5.74) is 21.3. The minimum atomic E-state index is 0. The molecule has 2 radical (unpaired) electrons. The third-order valence-electron chi connectivity index (χ3n) is 13.8. The van der Waals surface area contributed by atoms with Crippen molar-refractivity contribution in [2.45, 2.75) is 79.1 Å². The van der Waals surface area contributed by atoms with Gasteiger partial charge in [-0.25, -0.2) is 0 Å². The van der Waals surface area contributed by atoms with Crippen LogP contribution in [0.1, 0.15) is 83.0 Å². The van der Waals surface area contributed by atoms with E-state index in [0.717, 1.165) is 25.7 Å². The molecule has 0 aliphatic carbocycles. The van der Waals surface area contributed by atoms with Crippen molar-refractivity contribution in [2.75, 3.05) is 0 Å². The second-order valence-corrected chi connectivity index (χ2v) is 18.6. The number of rotatable bonds is 12. The first kappa shape index (κ1) is 59.2. The summed E-state index contributed by atoms with van der Waals surface area (Å²) in [6.45, 7) is 16.3. The van der Waals surface area contributed by atoms with Crippen LogP contribution in [0.25, 0.3) is 66.1 Å². The van der Waals surface area contributed by atoms with Gasteiger partial charge in [-0.05, 0) is 87.5 Å². The topological polar surface area (TPSA) is 0 Å². The Labute approximate surface area is 462 Å². The van der Waals surface area contributed by atoms with Crippen molar-refractivity contribution in [3.63, 3.8) is 0 Å². The first-order valence-corrected chi connectivity index (χ1v) is 28.5. The van der Waals surface area contributed by atoms with Gasteiger partial charge in [0.05, 0.1) is 0 Å². The van der Waals surface area contributed by atoms with Gasteiger partial charge in [0.2, 0.25) is 0 Å². The van der Waals surface area contributed by atoms with Crippen LogP contribution < -0.4 is 0 Å². The number of hydrogen-bond donors (Lipinski definition) is 0. The summed E-state index contributed by atoms with van der Waals surface area (Å²) >= 11 is 1.36. The van der Waals surface area contributed by atoms with Crippen LogP contribution in [-0.2, 0) is 36.2 Å². The minimum absolute atomic E-state index is 0. The molecule has 4 heteroatoms. The zero-order valence-corrected chi connectivity index (χ0v) is 48.5. The predicted molar refractivity (Wildman–Crippen MR) is 319 cm³/mol. The molecule has 72 heavy (non-hydrogen) atoms. The van der Waals surface area contributed by atoms with Crippen LogP contribution in [0.5, 0.6) is 0 Å². The summed E-state index contributed by atoms with van der Waals surface area (Å²) < 4.78 is 0. The molecule has 0 aliphatic heterocycles. The monoisotopic (exact) mass is 1070 g/mol. The van der Waals surface area contributed by atoms with Crippen LogP contribution in [-0.4, -0.2) is 6.88 Å². The maximum absolute atomic E-state index is 3.06. The first-order chi connectivity index (χ1) is 33.2. The Morgan fingerprint density at radius 1 is 0.375 bits per heavy atom. The molecule has 0 aliphatic rings. The number of benzene rings is 8. The molecule has 0 spiro atoms. The quantitative estimate of drug-likeness (QED) is 0.0845. The van der Waals surface area contributed by atoms with Crippen molar-refractivity contribution in [2.24, 2.45) is 0 Å². The zero-order valence-electron chi connectivity index (χ0n) is 43.4. The van der Waals surface area contributed by atoms with Crippen molar-refractivity contribution in [3.8, 4) is 44.5 Å². The van der Waals surface area contributed by atoms with Crippen molar-refractivity contribution >= 4 is 53.2 Å². The number of halogens is 2. The molecule has 2 unspecified atom stereocenters. The van der Waals surface area contributed by atoms with E-state index in [0.29, 0.717) is 11.8 Å². The normalized spacial score (nSPS) is 11.2. The fourth-order valence-corrected chi connectivity index (χ4v) is 9.91. The van der Waals surface area contributed by atoms with Crippen molar-refractivity contribution < 1.29 is 23.3 Å². The summed E-state index contributed by atoms with van der Waals surface area (Å²) in [7, 11) is 0. The predicted octanol–water partition coefficient (Wildman–Crippen LogP) is 19.9. The molecule has 0 N–H and O–H groups in total. The fraction of sp³-hybridized carbons (Fsp3) is 0.176. The number of hydrogen-bond acceptors (Lipinski definition) is 0. The molecular formula is C68H70Cl2SiZr-4. The second kappa shape index (κ2) is 28.2. The third-order valence-corrected chi connectivity index (χ3v) is 13.8. The third kappa shape index (κ3) is 14.0. The molecule has 2 atom stereocenters. The summed E-state index contributed by atoms with van der Waals surface area (Å²) in [4.78, 5) is 0. The molecule has 0 saturated heterocycles. The van der Waals surface area contributed by atoms with Crippen LogP contribution in [0.4, 0.5) is 0 Å². The maximum atomic E-state index is 3.06. The van der Waals surface area contributed by atoms with Gasteiger partial charge in [-0.2, -0.15) is 12.1 Å².